The van der Waals surface area contributed by atoms with E-state index in [1.807, 2.05) is 44.2 Å². The van der Waals surface area contributed by atoms with Gasteiger partial charge in [0.1, 0.15) is 17.3 Å². The quantitative estimate of drug-likeness (QED) is 0.467. The number of carbonyl (C=O) groups is 3. The van der Waals surface area contributed by atoms with Crippen LogP contribution in [0.4, 0.5) is 0 Å². The van der Waals surface area contributed by atoms with Crippen molar-refractivity contribution in [3.63, 3.8) is 0 Å². The number of carbonyl (C=O) groups excluding carboxylic acids is 3. The van der Waals surface area contributed by atoms with Gasteiger partial charge < -0.3 is 20.1 Å². The summed E-state index contributed by atoms with van der Waals surface area (Å²) in [7, 11) is 1.57. The number of fused-ring (bicyclic) bond motifs is 3. The van der Waals surface area contributed by atoms with E-state index < -0.39 is 45.5 Å². The summed E-state index contributed by atoms with van der Waals surface area (Å²) in [6, 6.07) is 12.1. The van der Waals surface area contributed by atoms with E-state index in [0.717, 1.165) is 5.56 Å². The molecule has 7 nitrogen and oxygen atoms in total. The van der Waals surface area contributed by atoms with Crippen molar-refractivity contribution in [3.8, 4) is 11.5 Å². The zero-order valence-corrected chi connectivity index (χ0v) is 22.9. The number of rotatable bonds is 3. The molecule has 2 aromatic carbocycles. The second-order valence-electron chi connectivity index (χ2n) is 11.4. The van der Waals surface area contributed by atoms with Gasteiger partial charge in [-0.25, -0.2) is 0 Å². The lowest BCUT2D eigenvalue weighted by molar-refractivity contribution is -0.164. The van der Waals surface area contributed by atoms with E-state index in [9.17, 15) is 29.7 Å². The number of aromatic hydroxyl groups is 1. The summed E-state index contributed by atoms with van der Waals surface area (Å²) in [5.74, 6) is -3.02. The normalized spacial score (nSPS) is 31.2. The molecular weight excluding hydrogens is 496 g/mol. The van der Waals surface area contributed by atoms with E-state index in [0.29, 0.717) is 22.5 Å². The number of methoxy groups -OCH3 is 1. The van der Waals surface area contributed by atoms with Crippen LogP contribution in [0.2, 0.25) is 0 Å². The fraction of sp³-hybridized carbons (Fsp3) is 0.344. The molecule has 0 spiro atoms. The van der Waals surface area contributed by atoms with Gasteiger partial charge >= 0.3 is 0 Å². The average Bonchev–Trinajstić information content (AvgIpc) is 2.88. The van der Waals surface area contributed by atoms with Gasteiger partial charge in [-0.2, -0.15) is 0 Å². The summed E-state index contributed by atoms with van der Waals surface area (Å²) in [6.45, 7) is 8.36. The summed E-state index contributed by atoms with van der Waals surface area (Å²) < 4.78 is 5.28. The summed E-state index contributed by atoms with van der Waals surface area (Å²) >= 11 is 0. The number of aliphatic hydroxyl groups excluding tert-OH is 1. The number of benzene rings is 2. The van der Waals surface area contributed by atoms with Gasteiger partial charge in [-0.15, -0.1) is 0 Å². The lowest BCUT2D eigenvalue weighted by Crippen LogP contribution is -2.67. The number of Topliss-reactive ketones (excluding diaryl/α,β-unsaturated/α-hetero) is 3. The molecule has 39 heavy (non-hydrogen) atoms. The standard InChI is InChI=1S/C32H32O7/c1-16-15-30(4)18(3)31(5)22(14-19-10-12-20(39-6)13-11-19)21-8-7-9-23(34)25(21)27(35)26(31)29(37)32(30,38)28(36)24(16)17(2)33/h7-14,18,34,37-38H,15H2,1-6H3/b22-14+/t18-,30-,31-,32-/m0/s1. The fourth-order valence-electron chi connectivity index (χ4n) is 7.20. The van der Waals surface area contributed by atoms with Crippen molar-refractivity contribution in [3.05, 3.63) is 81.6 Å². The highest BCUT2D eigenvalue weighted by Crippen LogP contribution is 2.68. The summed E-state index contributed by atoms with van der Waals surface area (Å²) in [6.07, 6.45) is 2.06. The Balaban J connectivity index is 1.89. The van der Waals surface area contributed by atoms with Crippen LogP contribution in [0.5, 0.6) is 11.5 Å². The van der Waals surface area contributed by atoms with Crippen LogP contribution in [0.3, 0.4) is 0 Å². The zero-order valence-electron chi connectivity index (χ0n) is 22.9. The predicted octanol–water partition coefficient (Wildman–Crippen LogP) is 5.22. The van der Waals surface area contributed by atoms with E-state index in [-0.39, 0.29) is 28.9 Å². The zero-order chi connectivity index (χ0) is 28.7. The topological polar surface area (TPSA) is 121 Å². The van der Waals surface area contributed by atoms with Crippen LogP contribution in [0.1, 0.15) is 62.5 Å². The van der Waals surface area contributed by atoms with Crippen molar-refractivity contribution < 1.29 is 34.4 Å². The minimum Gasteiger partial charge on any atom is -0.508 e. The van der Waals surface area contributed by atoms with E-state index in [1.165, 1.54) is 13.0 Å². The Morgan fingerprint density at radius 1 is 1.08 bits per heavy atom. The molecule has 2 aromatic rings. The molecule has 0 saturated carbocycles. The molecule has 0 aliphatic heterocycles. The molecule has 0 unspecified atom stereocenters. The first-order chi connectivity index (χ1) is 18.2. The highest BCUT2D eigenvalue weighted by molar-refractivity contribution is 6.26. The molecular formula is C32H32O7. The molecule has 0 fully saturated rings. The van der Waals surface area contributed by atoms with E-state index in [4.69, 9.17) is 4.74 Å². The number of ether oxygens (including phenoxy) is 1. The molecule has 3 N–H and O–H groups in total. The number of hydrogen-bond donors (Lipinski definition) is 3. The maximum Gasteiger partial charge on any atom is 0.206 e. The first kappa shape index (κ1) is 26.6. The highest BCUT2D eigenvalue weighted by atomic mass is 16.5. The number of phenols is 1. The van der Waals surface area contributed by atoms with Gasteiger partial charge in [0.05, 0.1) is 23.8 Å². The van der Waals surface area contributed by atoms with E-state index in [2.05, 4.69) is 0 Å². The largest absolute Gasteiger partial charge is 0.508 e. The monoisotopic (exact) mass is 528 g/mol. The van der Waals surface area contributed by atoms with Gasteiger partial charge in [0.25, 0.3) is 0 Å². The molecule has 202 valence electrons. The third-order valence-electron chi connectivity index (χ3n) is 9.49. The molecule has 5 rings (SSSR count). The van der Waals surface area contributed by atoms with Crippen molar-refractivity contribution in [1.29, 1.82) is 0 Å². The average molecular weight is 529 g/mol. The Hall–Kier alpha value is -3.97. The Morgan fingerprint density at radius 2 is 1.72 bits per heavy atom. The first-order valence-electron chi connectivity index (χ1n) is 12.9. The van der Waals surface area contributed by atoms with Crippen LogP contribution >= 0.6 is 0 Å². The highest BCUT2D eigenvalue weighted by Gasteiger charge is 2.71. The fourth-order valence-corrected chi connectivity index (χ4v) is 7.20. The second-order valence-corrected chi connectivity index (χ2v) is 11.4. The number of allylic oxidation sites excluding steroid dienone is 3. The molecule has 3 aliphatic rings. The minimum absolute atomic E-state index is 0.0162. The SMILES string of the molecule is COc1ccc(/C=C2\c3cccc(O)c3C(=O)C3=C(O)[C@@]4(O)C(=O)C(C(C)=O)=C(C)C[C@@]4(C)[C@H](C)[C@]32C)cc1. The van der Waals surface area contributed by atoms with E-state index in [1.54, 1.807) is 33.1 Å². The van der Waals surface area contributed by atoms with Crippen molar-refractivity contribution in [2.75, 3.05) is 7.11 Å². The van der Waals surface area contributed by atoms with Crippen molar-refractivity contribution in [1.82, 2.24) is 0 Å². The summed E-state index contributed by atoms with van der Waals surface area (Å²) in [5, 5.41) is 34.8. The number of aliphatic hydroxyl groups is 2. The molecule has 3 aliphatic carbocycles. The Morgan fingerprint density at radius 3 is 2.31 bits per heavy atom. The van der Waals surface area contributed by atoms with Crippen molar-refractivity contribution in [2.24, 2.45) is 16.7 Å². The minimum atomic E-state index is -2.50. The number of phenolic OH excluding ortho intramolecular Hbond substituents is 1. The molecule has 0 radical (unpaired) electrons. The van der Waals surface area contributed by atoms with Crippen LogP contribution in [-0.2, 0) is 9.59 Å². The van der Waals surface area contributed by atoms with Crippen molar-refractivity contribution in [2.45, 2.75) is 46.6 Å². The predicted molar refractivity (Wildman–Crippen MR) is 146 cm³/mol. The van der Waals surface area contributed by atoms with Gasteiger partial charge in [-0.3, -0.25) is 14.4 Å². The maximum absolute atomic E-state index is 14.1. The second kappa shape index (κ2) is 8.52. The third-order valence-corrected chi connectivity index (χ3v) is 9.49. The van der Waals surface area contributed by atoms with E-state index >= 15 is 0 Å². The molecule has 0 saturated heterocycles. The van der Waals surface area contributed by atoms with Crippen molar-refractivity contribution >= 4 is 29.0 Å². The van der Waals surface area contributed by atoms with Gasteiger partial charge in [0.15, 0.2) is 17.2 Å². The van der Waals surface area contributed by atoms with Gasteiger partial charge in [0.2, 0.25) is 5.78 Å². The maximum atomic E-state index is 14.1. The van der Waals surface area contributed by atoms with Crippen LogP contribution in [0.15, 0.2) is 64.9 Å². The Bertz CT molecular complexity index is 1560. The summed E-state index contributed by atoms with van der Waals surface area (Å²) in [5.41, 5.74) is -2.76. The van der Waals surface area contributed by atoms with Crippen LogP contribution in [-0.4, -0.2) is 45.4 Å². The first-order valence-corrected chi connectivity index (χ1v) is 12.9. The number of hydrogen-bond acceptors (Lipinski definition) is 7. The molecule has 4 atom stereocenters. The Labute approximate surface area is 227 Å². The van der Waals surface area contributed by atoms with Gasteiger partial charge in [-0.1, -0.05) is 56.7 Å². The summed E-state index contributed by atoms with van der Waals surface area (Å²) in [4.78, 5) is 40.4. The van der Waals surface area contributed by atoms with Crippen LogP contribution in [0, 0.1) is 16.7 Å². The molecule has 0 heterocycles. The molecule has 7 heteroatoms. The smallest absolute Gasteiger partial charge is 0.206 e. The molecule has 0 amide bonds. The number of ketones is 3. The van der Waals surface area contributed by atoms with Gasteiger partial charge in [0, 0.05) is 10.8 Å². The molecule has 0 aromatic heterocycles. The molecule has 0 bridgehead atoms. The van der Waals surface area contributed by atoms with Gasteiger partial charge in [-0.05, 0) is 61.1 Å². The Kier molecular flexibility index (Phi) is 5.81. The lowest BCUT2D eigenvalue weighted by Gasteiger charge is -2.61. The lowest BCUT2D eigenvalue weighted by atomic mass is 9.42. The third kappa shape index (κ3) is 3.23. The van der Waals surface area contributed by atoms with Crippen LogP contribution < -0.4 is 4.74 Å². The van der Waals surface area contributed by atoms with Crippen LogP contribution in [0.25, 0.3) is 11.6 Å².